The summed E-state index contributed by atoms with van der Waals surface area (Å²) in [4.78, 5) is 14.2. The topological polar surface area (TPSA) is 114 Å². The average Bonchev–Trinajstić information content (AvgIpc) is 3.48. The van der Waals surface area contributed by atoms with Crippen molar-refractivity contribution in [3.05, 3.63) is 76.8 Å². The van der Waals surface area contributed by atoms with Crippen LogP contribution in [0.4, 0.5) is 18.9 Å². The van der Waals surface area contributed by atoms with Gasteiger partial charge in [0, 0.05) is 18.0 Å². The van der Waals surface area contributed by atoms with Crippen molar-refractivity contribution in [2.45, 2.75) is 4.90 Å². The lowest BCUT2D eigenvalue weighted by Crippen LogP contribution is -2.16. The van der Waals surface area contributed by atoms with Crippen LogP contribution in [-0.4, -0.2) is 39.9 Å². The molecule has 1 aromatic carbocycles. The summed E-state index contributed by atoms with van der Waals surface area (Å²) in [5.41, 5.74) is -1.43. The molecule has 0 radical (unpaired) electrons. The number of hydrogen-bond acceptors (Lipinski definition) is 6. The van der Waals surface area contributed by atoms with Gasteiger partial charge < -0.3 is 9.72 Å². The lowest BCUT2D eigenvalue weighted by molar-refractivity contribution is 0.385. The summed E-state index contributed by atoms with van der Waals surface area (Å²) in [6.45, 7) is 0. The highest BCUT2D eigenvalue weighted by atomic mass is 35.5. The number of pyridine rings is 2. The second kappa shape index (κ2) is 9.25. The molecule has 2 N–H and O–H groups in total. The number of aromatic amines is 1. The van der Waals surface area contributed by atoms with Crippen LogP contribution in [0.1, 0.15) is 0 Å². The second-order valence-corrected chi connectivity index (χ2v) is 9.98. The van der Waals surface area contributed by atoms with E-state index in [2.05, 4.69) is 19.9 Å². The Labute approximate surface area is 216 Å². The first-order valence-corrected chi connectivity index (χ1v) is 12.4. The van der Waals surface area contributed by atoms with E-state index in [0.29, 0.717) is 0 Å². The molecule has 9 nitrogen and oxygen atoms in total. The minimum absolute atomic E-state index is 0.0201. The van der Waals surface area contributed by atoms with Gasteiger partial charge >= 0.3 is 0 Å². The number of hydrogen-bond donors (Lipinski definition) is 2. The lowest BCUT2D eigenvalue weighted by atomic mass is 10.0. The van der Waals surface area contributed by atoms with E-state index < -0.39 is 49.3 Å². The number of nitrogens with one attached hydrogen (secondary N) is 2. The standard InChI is InChI=1S/C22H13Cl2F3N6O3S/c1-36-22-15(6-10(23)7-29-22)37(34,35)32-13-4-3-12(25)17(18(13)26)11-2-5-14-19(21-28-8-16(24)31-21)30-9-33(14)20(11)27/h2-9,32H,1H3,(H,28,31). The highest BCUT2D eigenvalue weighted by Crippen LogP contribution is 2.35. The molecule has 0 fully saturated rings. The predicted octanol–water partition coefficient (Wildman–Crippen LogP) is 5.32. The molecule has 4 heterocycles. The first kappa shape index (κ1) is 24.9. The van der Waals surface area contributed by atoms with Gasteiger partial charge in [-0.05, 0) is 30.3 Å². The monoisotopic (exact) mass is 568 g/mol. The van der Waals surface area contributed by atoms with Crippen molar-refractivity contribution >= 4 is 44.4 Å². The Morgan fingerprint density at radius 2 is 1.89 bits per heavy atom. The molecule has 15 heteroatoms. The molecule has 190 valence electrons. The first-order valence-electron chi connectivity index (χ1n) is 10.2. The third-order valence-corrected chi connectivity index (χ3v) is 7.05. The van der Waals surface area contributed by atoms with Crippen molar-refractivity contribution in [1.82, 2.24) is 24.3 Å². The van der Waals surface area contributed by atoms with Gasteiger partial charge in [0.15, 0.2) is 16.5 Å². The number of imidazole rings is 2. The molecular formula is C22H13Cl2F3N6O3S. The first-order chi connectivity index (χ1) is 17.6. The summed E-state index contributed by atoms with van der Waals surface area (Å²) in [7, 11) is -3.31. The van der Waals surface area contributed by atoms with E-state index in [1.165, 1.54) is 19.4 Å². The van der Waals surface area contributed by atoms with Gasteiger partial charge in [0.05, 0.1) is 28.9 Å². The summed E-state index contributed by atoms with van der Waals surface area (Å²) in [5.74, 6) is -3.57. The summed E-state index contributed by atoms with van der Waals surface area (Å²) in [5, 5.41) is 0.149. The molecule has 37 heavy (non-hydrogen) atoms. The van der Waals surface area contributed by atoms with Crippen LogP contribution in [0.25, 0.3) is 28.2 Å². The Morgan fingerprint density at radius 1 is 1.11 bits per heavy atom. The summed E-state index contributed by atoms with van der Waals surface area (Å²) < 4.78 is 79.6. The predicted molar refractivity (Wildman–Crippen MR) is 130 cm³/mol. The van der Waals surface area contributed by atoms with Gasteiger partial charge in [0.2, 0.25) is 11.8 Å². The number of anilines is 1. The molecule has 0 spiro atoms. The van der Waals surface area contributed by atoms with Crippen LogP contribution in [0, 0.1) is 17.6 Å². The fraction of sp³-hybridized carbons (Fsp3) is 0.0455. The fourth-order valence-corrected chi connectivity index (χ4v) is 5.22. The molecular weight excluding hydrogens is 556 g/mol. The van der Waals surface area contributed by atoms with E-state index in [9.17, 15) is 12.8 Å². The van der Waals surface area contributed by atoms with E-state index in [0.717, 1.165) is 41.2 Å². The Balaban J connectivity index is 1.59. The van der Waals surface area contributed by atoms with Gasteiger partial charge in [0.25, 0.3) is 10.0 Å². The van der Waals surface area contributed by atoms with Crippen LogP contribution in [-0.2, 0) is 10.0 Å². The average molecular weight is 569 g/mol. The number of fused-ring (bicyclic) bond motifs is 1. The largest absolute Gasteiger partial charge is 0.480 e. The number of methoxy groups -OCH3 is 1. The van der Waals surface area contributed by atoms with Crippen molar-refractivity contribution < 1.29 is 26.3 Å². The SMILES string of the molecule is COc1ncc(Cl)cc1S(=O)(=O)Nc1ccc(F)c(-c2ccc3c(-c4nc(Cl)c[nH]4)ncn3c2F)c1F. The number of H-pyrrole nitrogens is 1. The number of aromatic nitrogens is 5. The Morgan fingerprint density at radius 3 is 2.59 bits per heavy atom. The van der Waals surface area contributed by atoms with Gasteiger partial charge in [0.1, 0.15) is 23.0 Å². The molecule has 0 saturated carbocycles. The molecule has 0 aliphatic rings. The van der Waals surface area contributed by atoms with Crippen LogP contribution in [0.15, 0.2) is 53.9 Å². The Kier molecular flexibility index (Phi) is 6.22. The van der Waals surface area contributed by atoms with Crippen LogP contribution >= 0.6 is 23.2 Å². The van der Waals surface area contributed by atoms with Gasteiger partial charge in [-0.1, -0.05) is 23.2 Å². The smallest absolute Gasteiger partial charge is 0.267 e. The summed E-state index contributed by atoms with van der Waals surface area (Å²) >= 11 is 11.7. The van der Waals surface area contributed by atoms with Crippen molar-refractivity contribution in [1.29, 1.82) is 0 Å². The molecule has 5 aromatic rings. The van der Waals surface area contributed by atoms with E-state index in [1.807, 2.05) is 4.72 Å². The zero-order valence-corrected chi connectivity index (χ0v) is 20.8. The number of ether oxygens (including phenoxy) is 1. The quantitative estimate of drug-likeness (QED) is 0.268. The third kappa shape index (κ3) is 4.34. The van der Waals surface area contributed by atoms with Crippen LogP contribution in [0.5, 0.6) is 5.88 Å². The van der Waals surface area contributed by atoms with Crippen molar-refractivity contribution in [2.75, 3.05) is 11.8 Å². The Bertz CT molecular complexity index is 1790. The van der Waals surface area contributed by atoms with Crippen molar-refractivity contribution in [2.24, 2.45) is 0 Å². The second-order valence-electron chi connectivity index (χ2n) is 7.51. The minimum atomic E-state index is -4.50. The normalized spacial score (nSPS) is 11.7. The van der Waals surface area contributed by atoms with E-state index in [4.69, 9.17) is 27.9 Å². The summed E-state index contributed by atoms with van der Waals surface area (Å²) in [6, 6.07) is 5.24. The van der Waals surface area contributed by atoms with Crippen LogP contribution in [0.3, 0.4) is 0 Å². The van der Waals surface area contributed by atoms with Crippen molar-refractivity contribution in [3.63, 3.8) is 0 Å². The van der Waals surface area contributed by atoms with Gasteiger partial charge in [-0.25, -0.2) is 32.2 Å². The maximum absolute atomic E-state index is 15.5. The zero-order valence-electron chi connectivity index (χ0n) is 18.4. The summed E-state index contributed by atoms with van der Waals surface area (Å²) in [6.07, 6.45) is 3.69. The molecule has 0 aliphatic heterocycles. The molecule has 0 amide bonds. The molecule has 0 saturated heterocycles. The fourth-order valence-electron chi connectivity index (χ4n) is 3.66. The number of halogens is 5. The molecule has 0 atom stereocenters. The molecule has 0 unspecified atom stereocenters. The molecule has 0 bridgehead atoms. The third-order valence-electron chi connectivity index (χ3n) is 5.29. The van der Waals surface area contributed by atoms with Gasteiger partial charge in [-0.2, -0.15) is 4.39 Å². The maximum atomic E-state index is 15.5. The zero-order chi connectivity index (χ0) is 26.5. The van der Waals surface area contributed by atoms with Crippen LogP contribution in [0.2, 0.25) is 10.2 Å². The van der Waals surface area contributed by atoms with E-state index in [-0.39, 0.29) is 33.1 Å². The minimum Gasteiger partial charge on any atom is -0.480 e. The highest BCUT2D eigenvalue weighted by molar-refractivity contribution is 7.92. The number of sulfonamides is 1. The number of benzene rings is 1. The van der Waals surface area contributed by atoms with Crippen LogP contribution < -0.4 is 9.46 Å². The van der Waals surface area contributed by atoms with Gasteiger partial charge in [-0.15, -0.1) is 0 Å². The lowest BCUT2D eigenvalue weighted by Gasteiger charge is -2.14. The molecule has 5 rings (SSSR count). The molecule has 4 aromatic heterocycles. The van der Waals surface area contributed by atoms with Crippen molar-refractivity contribution in [3.8, 4) is 28.5 Å². The Hall–Kier alpha value is -3.81. The molecule has 0 aliphatic carbocycles. The number of nitrogens with zero attached hydrogens (tertiary/aromatic N) is 4. The van der Waals surface area contributed by atoms with Gasteiger partial charge in [-0.3, -0.25) is 9.12 Å². The number of rotatable bonds is 6. The van der Waals surface area contributed by atoms with E-state index >= 15 is 8.78 Å². The maximum Gasteiger partial charge on any atom is 0.267 e. The highest BCUT2D eigenvalue weighted by Gasteiger charge is 2.26. The van der Waals surface area contributed by atoms with E-state index in [1.54, 1.807) is 0 Å².